The van der Waals surface area contributed by atoms with E-state index in [2.05, 4.69) is 15.6 Å². The molecular formula is C16H27FN4O. The maximum Gasteiger partial charge on any atom is 0.191 e. The Morgan fingerprint density at radius 1 is 1.27 bits per heavy atom. The standard InChI is InChI=1S/C16H27FN4O/c1-5-21(6-2)15-8-7-13(11-14(15)17)12-20-16(18-3)19-9-10-22-4/h7-8,11H,5-6,9-10,12H2,1-4H3,(H2,18,19,20). The number of hydrogen-bond acceptors (Lipinski definition) is 3. The van der Waals surface area contributed by atoms with Gasteiger partial charge in [-0.25, -0.2) is 4.39 Å². The average molecular weight is 310 g/mol. The van der Waals surface area contributed by atoms with Gasteiger partial charge in [-0.3, -0.25) is 4.99 Å². The average Bonchev–Trinajstić information content (AvgIpc) is 2.53. The minimum atomic E-state index is -0.190. The lowest BCUT2D eigenvalue weighted by atomic mass is 10.2. The number of nitrogens with one attached hydrogen (secondary N) is 2. The molecule has 0 amide bonds. The smallest absolute Gasteiger partial charge is 0.191 e. The molecule has 1 rings (SSSR count). The number of aliphatic imine (C=N–C) groups is 1. The van der Waals surface area contributed by atoms with Gasteiger partial charge in [0.2, 0.25) is 0 Å². The largest absolute Gasteiger partial charge is 0.383 e. The van der Waals surface area contributed by atoms with Crippen LogP contribution in [0.15, 0.2) is 23.2 Å². The molecule has 0 spiro atoms. The van der Waals surface area contributed by atoms with Crippen LogP contribution in [0.4, 0.5) is 10.1 Å². The molecule has 0 atom stereocenters. The molecule has 1 aromatic rings. The fraction of sp³-hybridized carbons (Fsp3) is 0.562. The Kier molecular flexibility index (Phi) is 8.28. The molecule has 2 N–H and O–H groups in total. The van der Waals surface area contributed by atoms with Crippen LogP contribution in [0.3, 0.4) is 0 Å². The highest BCUT2D eigenvalue weighted by molar-refractivity contribution is 5.79. The third-order valence-corrected chi connectivity index (χ3v) is 3.40. The summed E-state index contributed by atoms with van der Waals surface area (Å²) >= 11 is 0. The molecule has 0 saturated carbocycles. The van der Waals surface area contributed by atoms with Crippen molar-refractivity contribution in [2.75, 3.05) is 45.3 Å². The lowest BCUT2D eigenvalue weighted by molar-refractivity contribution is 0.203. The molecular weight excluding hydrogens is 283 g/mol. The highest BCUT2D eigenvalue weighted by Crippen LogP contribution is 2.20. The highest BCUT2D eigenvalue weighted by Gasteiger charge is 2.09. The minimum Gasteiger partial charge on any atom is -0.383 e. The van der Waals surface area contributed by atoms with Gasteiger partial charge in [0.1, 0.15) is 5.82 Å². The fourth-order valence-corrected chi connectivity index (χ4v) is 2.16. The van der Waals surface area contributed by atoms with Crippen molar-refractivity contribution in [2.45, 2.75) is 20.4 Å². The zero-order valence-corrected chi connectivity index (χ0v) is 13.9. The second-order valence-corrected chi connectivity index (χ2v) is 4.80. The molecule has 0 saturated heterocycles. The topological polar surface area (TPSA) is 48.9 Å². The van der Waals surface area contributed by atoms with Gasteiger partial charge in [-0.2, -0.15) is 0 Å². The van der Waals surface area contributed by atoms with Crippen LogP contribution in [0.5, 0.6) is 0 Å². The summed E-state index contributed by atoms with van der Waals surface area (Å²) in [6.45, 7) is 7.42. The molecule has 0 radical (unpaired) electrons. The number of rotatable bonds is 8. The van der Waals surface area contributed by atoms with E-state index < -0.39 is 0 Å². The van der Waals surface area contributed by atoms with E-state index in [9.17, 15) is 4.39 Å². The summed E-state index contributed by atoms with van der Waals surface area (Å²) in [4.78, 5) is 6.10. The molecule has 0 aliphatic rings. The first kappa shape index (κ1) is 18.2. The summed E-state index contributed by atoms with van der Waals surface area (Å²) in [7, 11) is 3.35. The summed E-state index contributed by atoms with van der Waals surface area (Å²) in [6, 6.07) is 5.34. The number of hydrogen-bond donors (Lipinski definition) is 2. The number of methoxy groups -OCH3 is 1. The van der Waals surface area contributed by atoms with E-state index in [4.69, 9.17) is 4.74 Å². The summed E-state index contributed by atoms with van der Waals surface area (Å²) in [5.41, 5.74) is 1.53. The van der Waals surface area contributed by atoms with Crippen molar-refractivity contribution in [3.8, 4) is 0 Å². The molecule has 0 bridgehead atoms. The first-order valence-corrected chi connectivity index (χ1v) is 7.63. The van der Waals surface area contributed by atoms with Crippen molar-refractivity contribution in [1.29, 1.82) is 0 Å². The van der Waals surface area contributed by atoms with Gasteiger partial charge in [-0.05, 0) is 31.5 Å². The number of benzene rings is 1. The maximum atomic E-state index is 14.2. The van der Waals surface area contributed by atoms with Crippen molar-refractivity contribution >= 4 is 11.6 Å². The van der Waals surface area contributed by atoms with Gasteiger partial charge in [0.15, 0.2) is 5.96 Å². The van der Waals surface area contributed by atoms with E-state index >= 15 is 0 Å². The monoisotopic (exact) mass is 310 g/mol. The van der Waals surface area contributed by atoms with Crippen molar-refractivity contribution in [3.05, 3.63) is 29.6 Å². The van der Waals surface area contributed by atoms with Crippen LogP contribution in [0.25, 0.3) is 0 Å². The quantitative estimate of drug-likeness (QED) is 0.438. The van der Waals surface area contributed by atoms with Crippen LogP contribution in [-0.4, -0.2) is 46.4 Å². The summed E-state index contributed by atoms with van der Waals surface area (Å²) in [5.74, 6) is 0.482. The molecule has 6 heteroatoms. The van der Waals surface area contributed by atoms with Gasteiger partial charge in [0.25, 0.3) is 0 Å². The molecule has 0 unspecified atom stereocenters. The van der Waals surface area contributed by atoms with Gasteiger partial charge in [0, 0.05) is 40.3 Å². The van der Waals surface area contributed by atoms with E-state index in [1.165, 1.54) is 0 Å². The van der Waals surface area contributed by atoms with E-state index in [1.807, 2.05) is 30.9 Å². The molecule has 5 nitrogen and oxygen atoms in total. The Bertz CT molecular complexity index is 475. The third-order valence-electron chi connectivity index (χ3n) is 3.40. The Morgan fingerprint density at radius 3 is 2.55 bits per heavy atom. The number of halogens is 1. The van der Waals surface area contributed by atoms with E-state index in [0.29, 0.717) is 31.3 Å². The second kappa shape index (κ2) is 10.00. The lowest BCUT2D eigenvalue weighted by Gasteiger charge is -2.22. The molecule has 0 aliphatic carbocycles. The Labute approximate surface area is 132 Å². The van der Waals surface area contributed by atoms with Crippen LogP contribution >= 0.6 is 0 Å². The van der Waals surface area contributed by atoms with Gasteiger partial charge in [-0.15, -0.1) is 0 Å². The van der Waals surface area contributed by atoms with Crippen molar-refractivity contribution in [2.24, 2.45) is 4.99 Å². The SMILES string of the molecule is CCN(CC)c1ccc(CNC(=NC)NCCOC)cc1F. The number of nitrogens with zero attached hydrogens (tertiary/aromatic N) is 2. The predicted octanol–water partition coefficient (Wildman–Crippen LogP) is 1.98. The molecule has 0 fully saturated rings. The van der Waals surface area contributed by atoms with E-state index in [0.717, 1.165) is 18.7 Å². The molecule has 22 heavy (non-hydrogen) atoms. The van der Waals surface area contributed by atoms with Crippen LogP contribution in [0.2, 0.25) is 0 Å². The lowest BCUT2D eigenvalue weighted by Crippen LogP contribution is -2.38. The number of anilines is 1. The Morgan fingerprint density at radius 2 is 2.00 bits per heavy atom. The van der Waals surface area contributed by atoms with Crippen LogP contribution in [0.1, 0.15) is 19.4 Å². The Balaban J connectivity index is 2.61. The second-order valence-electron chi connectivity index (χ2n) is 4.80. The first-order valence-electron chi connectivity index (χ1n) is 7.63. The summed E-state index contributed by atoms with van der Waals surface area (Å²) < 4.78 is 19.2. The van der Waals surface area contributed by atoms with Crippen molar-refractivity contribution < 1.29 is 9.13 Å². The van der Waals surface area contributed by atoms with Gasteiger partial charge < -0.3 is 20.3 Å². The van der Waals surface area contributed by atoms with Gasteiger partial charge in [0.05, 0.1) is 12.3 Å². The van der Waals surface area contributed by atoms with Crippen LogP contribution in [0, 0.1) is 5.82 Å². The summed E-state index contributed by atoms with van der Waals surface area (Å²) in [6.07, 6.45) is 0. The molecule has 0 aromatic heterocycles. The zero-order chi connectivity index (χ0) is 16.4. The van der Waals surface area contributed by atoms with Gasteiger partial charge in [-0.1, -0.05) is 6.07 Å². The normalized spacial score (nSPS) is 11.4. The van der Waals surface area contributed by atoms with Crippen molar-refractivity contribution in [1.82, 2.24) is 10.6 Å². The number of ether oxygens (including phenoxy) is 1. The predicted molar refractivity (Wildman–Crippen MR) is 90.0 cm³/mol. The summed E-state index contributed by atoms with van der Waals surface area (Å²) in [5, 5.41) is 6.27. The Hall–Kier alpha value is -1.82. The van der Waals surface area contributed by atoms with Gasteiger partial charge >= 0.3 is 0 Å². The molecule has 0 heterocycles. The molecule has 0 aliphatic heterocycles. The van der Waals surface area contributed by atoms with Crippen LogP contribution < -0.4 is 15.5 Å². The minimum absolute atomic E-state index is 0.190. The van der Waals surface area contributed by atoms with Crippen LogP contribution in [-0.2, 0) is 11.3 Å². The van der Waals surface area contributed by atoms with E-state index in [1.54, 1.807) is 20.2 Å². The third kappa shape index (κ3) is 5.52. The molecule has 1 aromatic carbocycles. The highest BCUT2D eigenvalue weighted by atomic mass is 19.1. The fourth-order valence-electron chi connectivity index (χ4n) is 2.16. The zero-order valence-electron chi connectivity index (χ0n) is 13.9. The number of guanidine groups is 1. The first-order chi connectivity index (χ1) is 10.7. The van der Waals surface area contributed by atoms with Crippen molar-refractivity contribution in [3.63, 3.8) is 0 Å². The maximum absolute atomic E-state index is 14.2. The molecule has 124 valence electrons. The van der Waals surface area contributed by atoms with E-state index in [-0.39, 0.29) is 5.82 Å².